The summed E-state index contributed by atoms with van der Waals surface area (Å²) in [5.41, 5.74) is 0.355. The molecule has 1 aliphatic carbocycles. The molecule has 1 fully saturated rings. The van der Waals surface area contributed by atoms with Gasteiger partial charge in [0, 0.05) is 13.1 Å². The fraction of sp³-hybridized carbons (Fsp3) is 0.348. The number of methoxy groups -OCH3 is 1. The Labute approximate surface area is 198 Å². The fourth-order valence-electron chi connectivity index (χ4n) is 3.54. The van der Waals surface area contributed by atoms with Crippen LogP contribution < -0.4 is 19.7 Å². The predicted octanol–water partition coefficient (Wildman–Crippen LogP) is 2.45. The summed E-state index contributed by atoms with van der Waals surface area (Å²) in [6.07, 6.45) is 3.79. The molecular formula is C23H27N3O7S. The van der Waals surface area contributed by atoms with Gasteiger partial charge in [0.05, 0.1) is 23.3 Å². The molecule has 34 heavy (non-hydrogen) atoms. The summed E-state index contributed by atoms with van der Waals surface area (Å²) >= 11 is 0. The van der Waals surface area contributed by atoms with Crippen LogP contribution in [0.25, 0.3) is 0 Å². The third kappa shape index (κ3) is 6.25. The maximum absolute atomic E-state index is 13.0. The Morgan fingerprint density at radius 1 is 1.06 bits per heavy atom. The summed E-state index contributed by atoms with van der Waals surface area (Å²) in [5, 5.41) is 4.81. The largest absolute Gasteiger partial charge is 0.497 e. The number of urea groups is 1. The Hall–Kier alpha value is -3.60. The number of nitrogens with zero attached hydrogens (tertiary/aromatic N) is 1. The molecule has 3 rings (SSSR count). The highest BCUT2D eigenvalue weighted by atomic mass is 32.2. The average molecular weight is 490 g/mol. The summed E-state index contributed by atoms with van der Waals surface area (Å²) in [6, 6.07) is 11.2. The van der Waals surface area contributed by atoms with E-state index in [9.17, 15) is 22.8 Å². The number of hydrogen-bond acceptors (Lipinski definition) is 7. The van der Waals surface area contributed by atoms with Crippen LogP contribution in [0.1, 0.15) is 36.0 Å². The Bertz CT molecular complexity index is 1140. The van der Waals surface area contributed by atoms with Crippen molar-refractivity contribution in [3.05, 3.63) is 54.1 Å². The van der Waals surface area contributed by atoms with Crippen molar-refractivity contribution in [2.24, 2.45) is 0 Å². The molecule has 0 bridgehead atoms. The summed E-state index contributed by atoms with van der Waals surface area (Å²) in [6.45, 7) is -0.681. The number of esters is 1. The number of amides is 3. The lowest BCUT2D eigenvalue weighted by Gasteiger charge is -2.20. The second kappa shape index (κ2) is 11.0. The molecule has 1 aliphatic rings. The normalized spacial score (nSPS) is 13.7. The molecule has 2 aromatic rings. The number of hydrogen-bond donors (Lipinski definition) is 2. The molecule has 0 spiro atoms. The van der Waals surface area contributed by atoms with Gasteiger partial charge in [-0.2, -0.15) is 0 Å². The van der Waals surface area contributed by atoms with Crippen molar-refractivity contribution in [3.63, 3.8) is 0 Å². The second-order valence-electron chi connectivity index (χ2n) is 7.78. The van der Waals surface area contributed by atoms with Gasteiger partial charge >= 0.3 is 12.0 Å². The molecule has 3 amide bonds. The SMILES string of the molecule is COc1ccc(N(C)S(=O)(=O)c2cccc(C(=O)OCC(=O)NC(=O)NC3CCCC3)c2)cc1. The molecule has 0 unspecified atom stereocenters. The van der Waals surface area contributed by atoms with Gasteiger partial charge in [-0.05, 0) is 55.3 Å². The molecule has 0 aromatic heterocycles. The van der Waals surface area contributed by atoms with E-state index in [1.54, 1.807) is 24.3 Å². The van der Waals surface area contributed by atoms with E-state index < -0.39 is 34.5 Å². The zero-order valence-electron chi connectivity index (χ0n) is 18.9. The maximum atomic E-state index is 13.0. The number of imide groups is 1. The van der Waals surface area contributed by atoms with E-state index in [0.717, 1.165) is 30.0 Å². The Morgan fingerprint density at radius 3 is 2.38 bits per heavy atom. The first-order valence-electron chi connectivity index (χ1n) is 10.7. The van der Waals surface area contributed by atoms with E-state index in [1.807, 2.05) is 0 Å². The quantitative estimate of drug-likeness (QED) is 0.545. The van der Waals surface area contributed by atoms with Crippen LogP contribution in [-0.2, 0) is 19.6 Å². The number of rotatable bonds is 8. The summed E-state index contributed by atoms with van der Waals surface area (Å²) in [4.78, 5) is 36.0. The van der Waals surface area contributed by atoms with Gasteiger partial charge in [-0.15, -0.1) is 0 Å². The number of ether oxygens (including phenoxy) is 2. The number of carbonyl (C=O) groups is 3. The predicted molar refractivity (Wildman–Crippen MR) is 124 cm³/mol. The van der Waals surface area contributed by atoms with Gasteiger partial charge in [0.25, 0.3) is 15.9 Å². The van der Waals surface area contributed by atoms with E-state index in [4.69, 9.17) is 9.47 Å². The number of carbonyl (C=O) groups excluding carboxylic acids is 3. The molecular weight excluding hydrogens is 462 g/mol. The molecule has 2 N–H and O–H groups in total. The van der Waals surface area contributed by atoms with Crippen LogP contribution in [-0.4, -0.2) is 53.1 Å². The van der Waals surface area contributed by atoms with Gasteiger partial charge in [0.2, 0.25) is 0 Å². The van der Waals surface area contributed by atoms with Crippen molar-refractivity contribution in [2.45, 2.75) is 36.6 Å². The summed E-state index contributed by atoms with van der Waals surface area (Å²) in [7, 11) is -1.07. The topological polar surface area (TPSA) is 131 Å². The van der Waals surface area contributed by atoms with Gasteiger partial charge in [-0.1, -0.05) is 18.9 Å². The molecule has 11 heteroatoms. The second-order valence-corrected chi connectivity index (χ2v) is 9.75. The number of nitrogens with one attached hydrogen (secondary N) is 2. The molecule has 0 atom stereocenters. The Kier molecular flexibility index (Phi) is 8.11. The highest BCUT2D eigenvalue weighted by Crippen LogP contribution is 2.25. The molecule has 0 radical (unpaired) electrons. The van der Waals surface area contributed by atoms with Gasteiger partial charge < -0.3 is 14.8 Å². The standard InChI is InChI=1S/C23H27N3O7S/c1-26(18-10-12-19(32-2)13-11-18)34(30,31)20-9-5-6-16(14-20)22(28)33-15-21(27)25-23(29)24-17-7-3-4-8-17/h5-6,9-14,17H,3-4,7-8,15H2,1-2H3,(H2,24,25,27,29). The number of benzene rings is 2. The van der Waals surface area contributed by atoms with E-state index >= 15 is 0 Å². The molecule has 0 saturated heterocycles. The average Bonchev–Trinajstić information content (AvgIpc) is 3.35. The van der Waals surface area contributed by atoms with Crippen LogP contribution in [0.2, 0.25) is 0 Å². The zero-order valence-corrected chi connectivity index (χ0v) is 19.8. The minimum absolute atomic E-state index is 0.0380. The van der Waals surface area contributed by atoms with Crippen molar-refractivity contribution in [1.82, 2.24) is 10.6 Å². The smallest absolute Gasteiger partial charge is 0.338 e. The minimum Gasteiger partial charge on any atom is -0.497 e. The monoisotopic (exact) mass is 489 g/mol. The highest BCUT2D eigenvalue weighted by molar-refractivity contribution is 7.92. The first-order valence-corrected chi connectivity index (χ1v) is 12.1. The Balaban J connectivity index is 1.60. The van der Waals surface area contributed by atoms with Gasteiger partial charge in [0.15, 0.2) is 6.61 Å². The van der Waals surface area contributed by atoms with Crippen molar-refractivity contribution in [3.8, 4) is 5.75 Å². The first-order chi connectivity index (χ1) is 16.2. The van der Waals surface area contributed by atoms with Gasteiger partial charge in [-0.3, -0.25) is 14.4 Å². The van der Waals surface area contributed by atoms with E-state index in [0.29, 0.717) is 11.4 Å². The third-order valence-corrected chi connectivity index (χ3v) is 7.22. The van der Waals surface area contributed by atoms with Crippen LogP contribution in [0.15, 0.2) is 53.4 Å². The van der Waals surface area contributed by atoms with Crippen LogP contribution in [0, 0.1) is 0 Å². The van der Waals surface area contributed by atoms with Crippen LogP contribution in [0.4, 0.5) is 10.5 Å². The summed E-state index contributed by atoms with van der Waals surface area (Å²) < 4.78 is 37.2. The molecule has 2 aromatic carbocycles. The van der Waals surface area contributed by atoms with Gasteiger partial charge in [0.1, 0.15) is 5.75 Å². The van der Waals surface area contributed by atoms with Crippen molar-refractivity contribution in [1.29, 1.82) is 0 Å². The highest BCUT2D eigenvalue weighted by Gasteiger charge is 2.23. The first kappa shape index (κ1) is 25.0. The lowest BCUT2D eigenvalue weighted by Crippen LogP contribution is -2.45. The Morgan fingerprint density at radius 2 is 1.74 bits per heavy atom. The van der Waals surface area contributed by atoms with E-state index in [-0.39, 0.29) is 16.5 Å². The third-order valence-electron chi connectivity index (χ3n) is 5.44. The maximum Gasteiger partial charge on any atom is 0.338 e. The molecule has 0 heterocycles. The van der Waals surface area contributed by atoms with Crippen molar-refractivity contribution in [2.75, 3.05) is 25.1 Å². The lowest BCUT2D eigenvalue weighted by atomic mass is 10.2. The molecule has 10 nitrogen and oxygen atoms in total. The minimum atomic E-state index is -3.97. The van der Waals surface area contributed by atoms with Crippen LogP contribution in [0.3, 0.4) is 0 Å². The van der Waals surface area contributed by atoms with Crippen LogP contribution in [0.5, 0.6) is 5.75 Å². The van der Waals surface area contributed by atoms with Gasteiger partial charge in [-0.25, -0.2) is 18.0 Å². The van der Waals surface area contributed by atoms with Crippen LogP contribution >= 0.6 is 0 Å². The number of anilines is 1. The van der Waals surface area contributed by atoms with E-state index in [1.165, 1.54) is 38.4 Å². The molecule has 182 valence electrons. The number of sulfonamides is 1. The molecule has 1 saturated carbocycles. The summed E-state index contributed by atoms with van der Waals surface area (Å²) in [5.74, 6) is -1.10. The van der Waals surface area contributed by atoms with E-state index in [2.05, 4.69) is 10.6 Å². The van der Waals surface area contributed by atoms with Crippen molar-refractivity contribution >= 4 is 33.6 Å². The fourth-order valence-corrected chi connectivity index (χ4v) is 4.78. The molecule has 0 aliphatic heterocycles. The zero-order chi connectivity index (χ0) is 24.7. The van der Waals surface area contributed by atoms with Crippen molar-refractivity contribution < 1.29 is 32.3 Å². The lowest BCUT2D eigenvalue weighted by molar-refractivity contribution is -0.123.